The second kappa shape index (κ2) is 6.78. The van der Waals surface area contributed by atoms with Gasteiger partial charge in [-0.2, -0.15) is 0 Å². The molecule has 3 heteroatoms. The number of aliphatic hydroxyl groups excluding tert-OH is 1. The first-order valence-electron chi connectivity index (χ1n) is 7.50. The minimum atomic E-state index is -0.156. The Morgan fingerprint density at radius 2 is 2.19 bits per heavy atom. The summed E-state index contributed by atoms with van der Waals surface area (Å²) >= 11 is 0. The molecule has 1 aromatic rings. The van der Waals surface area contributed by atoms with Crippen LogP contribution in [0.25, 0.3) is 0 Å². The summed E-state index contributed by atoms with van der Waals surface area (Å²) in [4.78, 5) is 12.4. The molecule has 1 aliphatic carbocycles. The molecule has 1 saturated carbocycles. The maximum atomic E-state index is 12.4. The summed E-state index contributed by atoms with van der Waals surface area (Å²) in [5.74, 6) is 5.82. The monoisotopic (exact) mass is 285 g/mol. The van der Waals surface area contributed by atoms with Crippen LogP contribution in [0, 0.1) is 23.2 Å². The van der Waals surface area contributed by atoms with Gasteiger partial charge in [0.05, 0.1) is 0 Å². The van der Waals surface area contributed by atoms with Crippen molar-refractivity contribution in [3.8, 4) is 11.8 Å². The Bertz CT molecular complexity index is 566. The lowest BCUT2D eigenvalue weighted by atomic mass is 9.81. The zero-order valence-electron chi connectivity index (χ0n) is 12.8. The van der Waals surface area contributed by atoms with Crippen LogP contribution >= 0.6 is 0 Å². The molecule has 112 valence electrons. The number of carbonyl (C=O) groups excluding carboxylic acids is 1. The number of hydrogen-bond acceptors (Lipinski definition) is 2. The second-order valence-electron chi connectivity index (χ2n) is 6.27. The summed E-state index contributed by atoms with van der Waals surface area (Å²) < 4.78 is 0. The molecule has 0 spiro atoms. The van der Waals surface area contributed by atoms with E-state index >= 15 is 0 Å². The maximum absolute atomic E-state index is 12.4. The van der Waals surface area contributed by atoms with E-state index in [1.165, 1.54) is 0 Å². The van der Waals surface area contributed by atoms with Crippen molar-refractivity contribution in [1.82, 2.24) is 5.32 Å². The highest BCUT2D eigenvalue weighted by Crippen LogP contribution is 2.42. The molecular formula is C18H23NO2. The molecule has 0 radical (unpaired) electrons. The van der Waals surface area contributed by atoms with Crippen molar-refractivity contribution < 1.29 is 9.90 Å². The lowest BCUT2D eigenvalue weighted by Crippen LogP contribution is -2.35. The van der Waals surface area contributed by atoms with Crippen molar-refractivity contribution in [2.24, 2.45) is 11.3 Å². The van der Waals surface area contributed by atoms with Crippen LogP contribution in [-0.4, -0.2) is 17.6 Å². The summed E-state index contributed by atoms with van der Waals surface area (Å²) in [5, 5.41) is 11.8. The number of hydrogen-bond donors (Lipinski definition) is 2. The number of nitrogens with one attached hydrogen (secondary N) is 1. The van der Waals surface area contributed by atoms with E-state index in [4.69, 9.17) is 5.11 Å². The van der Waals surface area contributed by atoms with Crippen molar-refractivity contribution in [2.45, 2.75) is 39.7 Å². The van der Waals surface area contributed by atoms with E-state index in [2.05, 4.69) is 31.0 Å². The minimum Gasteiger partial charge on any atom is -0.384 e. The van der Waals surface area contributed by atoms with Crippen LogP contribution in [-0.2, 0) is 11.3 Å². The van der Waals surface area contributed by atoms with Gasteiger partial charge in [0.1, 0.15) is 6.61 Å². The van der Waals surface area contributed by atoms with Crippen LogP contribution in [0.2, 0.25) is 0 Å². The summed E-state index contributed by atoms with van der Waals surface area (Å²) in [6.45, 7) is 4.68. The smallest absolute Gasteiger partial charge is 0.223 e. The molecule has 1 atom stereocenters. The van der Waals surface area contributed by atoms with Crippen molar-refractivity contribution in [2.75, 3.05) is 6.61 Å². The average molecular weight is 285 g/mol. The SMILES string of the molecule is CC1(C)CCCC1C(=O)NCc1ccccc1C#CCO. The van der Waals surface area contributed by atoms with Gasteiger partial charge in [0.2, 0.25) is 5.91 Å². The molecule has 2 N–H and O–H groups in total. The van der Waals surface area contributed by atoms with Gasteiger partial charge in [-0.15, -0.1) is 0 Å². The van der Waals surface area contributed by atoms with E-state index < -0.39 is 0 Å². The van der Waals surface area contributed by atoms with E-state index in [1.54, 1.807) is 0 Å². The van der Waals surface area contributed by atoms with Gasteiger partial charge in [-0.3, -0.25) is 4.79 Å². The van der Waals surface area contributed by atoms with Crippen molar-refractivity contribution in [3.63, 3.8) is 0 Å². The van der Waals surface area contributed by atoms with E-state index in [9.17, 15) is 4.79 Å². The van der Waals surface area contributed by atoms with Crippen LogP contribution in [0.15, 0.2) is 24.3 Å². The molecule has 0 aliphatic heterocycles. The molecule has 2 rings (SSSR count). The fraction of sp³-hybridized carbons (Fsp3) is 0.500. The molecule has 3 nitrogen and oxygen atoms in total. The lowest BCUT2D eigenvalue weighted by Gasteiger charge is -2.26. The average Bonchev–Trinajstić information content (AvgIpc) is 2.83. The Morgan fingerprint density at radius 3 is 2.86 bits per heavy atom. The van der Waals surface area contributed by atoms with E-state index in [0.29, 0.717) is 6.54 Å². The summed E-state index contributed by atoms with van der Waals surface area (Å²) in [7, 11) is 0. The molecule has 0 bridgehead atoms. The number of amides is 1. The highest BCUT2D eigenvalue weighted by molar-refractivity contribution is 5.79. The predicted octanol–water partition coefficient (Wildman–Crippen LogP) is 2.47. The Kier molecular flexibility index (Phi) is 5.03. The minimum absolute atomic E-state index is 0.0975. The van der Waals surface area contributed by atoms with Gasteiger partial charge in [0.15, 0.2) is 0 Å². The quantitative estimate of drug-likeness (QED) is 0.838. The Balaban J connectivity index is 2.02. The Hall–Kier alpha value is -1.79. The number of carbonyl (C=O) groups is 1. The van der Waals surface area contributed by atoms with Gasteiger partial charge in [-0.1, -0.05) is 50.3 Å². The molecule has 1 unspecified atom stereocenters. The lowest BCUT2D eigenvalue weighted by molar-refractivity contribution is -0.127. The van der Waals surface area contributed by atoms with Crippen LogP contribution in [0.4, 0.5) is 0 Å². The fourth-order valence-corrected chi connectivity index (χ4v) is 3.05. The van der Waals surface area contributed by atoms with E-state index in [-0.39, 0.29) is 23.8 Å². The number of rotatable bonds is 3. The Labute approximate surface area is 126 Å². The van der Waals surface area contributed by atoms with Crippen LogP contribution in [0.1, 0.15) is 44.2 Å². The number of benzene rings is 1. The van der Waals surface area contributed by atoms with Gasteiger partial charge < -0.3 is 10.4 Å². The third-order valence-electron chi connectivity index (χ3n) is 4.35. The van der Waals surface area contributed by atoms with E-state index in [0.717, 1.165) is 30.4 Å². The van der Waals surface area contributed by atoms with Crippen LogP contribution < -0.4 is 5.32 Å². The van der Waals surface area contributed by atoms with Crippen LogP contribution in [0.3, 0.4) is 0 Å². The zero-order chi connectivity index (χ0) is 15.3. The molecule has 0 heterocycles. The molecule has 1 aliphatic rings. The molecule has 1 fully saturated rings. The third-order valence-corrected chi connectivity index (χ3v) is 4.35. The predicted molar refractivity (Wildman–Crippen MR) is 83.4 cm³/mol. The number of aliphatic hydroxyl groups is 1. The maximum Gasteiger partial charge on any atom is 0.223 e. The highest BCUT2D eigenvalue weighted by Gasteiger charge is 2.39. The normalized spacial score (nSPS) is 19.7. The highest BCUT2D eigenvalue weighted by atomic mass is 16.2. The molecule has 0 saturated heterocycles. The molecule has 1 aromatic carbocycles. The van der Waals surface area contributed by atoms with Crippen molar-refractivity contribution >= 4 is 5.91 Å². The molecular weight excluding hydrogens is 262 g/mol. The van der Waals surface area contributed by atoms with Gasteiger partial charge in [0, 0.05) is 18.0 Å². The van der Waals surface area contributed by atoms with E-state index in [1.807, 2.05) is 24.3 Å². The third kappa shape index (κ3) is 3.86. The Morgan fingerprint density at radius 1 is 1.43 bits per heavy atom. The van der Waals surface area contributed by atoms with Gasteiger partial charge in [-0.25, -0.2) is 0 Å². The molecule has 21 heavy (non-hydrogen) atoms. The van der Waals surface area contributed by atoms with Gasteiger partial charge in [0.25, 0.3) is 0 Å². The van der Waals surface area contributed by atoms with Gasteiger partial charge >= 0.3 is 0 Å². The molecule has 1 amide bonds. The fourth-order valence-electron chi connectivity index (χ4n) is 3.05. The summed E-state index contributed by atoms with van der Waals surface area (Å²) in [6, 6.07) is 7.71. The first kappa shape index (κ1) is 15.6. The first-order chi connectivity index (χ1) is 10.0. The standard InChI is InChI=1S/C18H23NO2/c1-18(2)11-5-10-16(18)17(21)19-13-15-8-4-3-7-14(15)9-6-12-20/h3-4,7-8,16,20H,5,10-13H2,1-2H3,(H,19,21). The topological polar surface area (TPSA) is 49.3 Å². The zero-order valence-corrected chi connectivity index (χ0v) is 12.8. The van der Waals surface area contributed by atoms with Gasteiger partial charge in [-0.05, 0) is 29.9 Å². The van der Waals surface area contributed by atoms with Crippen molar-refractivity contribution in [1.29, 1.82) is 0 Å². The molecule has 0 aromatic heterocycles. The largest absolute Gasteiger partial charge is 0.384 e. The summed E-state index contributed by atoms with van der Waals surface area (Å²) in [6.07, 6.45) is 3.22. The second-order valence-corrected chi connectivity index (χ2v) is 6.27. The summed E-state index contributed by atoms with van der Waals surface area (Å²) in [5.41, 5.74) is 1.94. The van der Waals surface area contributed by atoms with Crippen LogP contribution in [0.5, 0.6) is 0 Å². The first-order valence-corrected chi connectivity index (χ1v) is 7.50. The van der Waals surface area contributed by atoms with Crippen molar-refractivity contribution in [3.05, 3.63) is 35.4 Å².